The molecule has 1 aliphatic rings. The first kappa shape index (κ1) is 14.9. The van der Waals surface area contributed by atoms with Gasteiger partial charge in [0.15, 0.2) is 0 Å². The van der Waals surface area contributed by atoms with Crippen LogP contribution in [-0.2, 0) is 11.2 Å². The Labute approximate surface area is 121 Å². The van der Waals surface area contributed by atoms with Gasteiger partial charge in [-0.2, -0.15) is 11.8 Å². The quantitative estimate of drug-likeness (QED) is 0.865. The van der Waals surface area contributed by atoms with Crippen LogP contribution in [0.15, 0.2) is 24.3 Å². The van der Waals surface area contributed by atoms with Gasteiger partial charge < -0.3 is 10.5 Å². The number of hydrogen-bond acceptors (Lipinski definition) is 3. The summed E-state index contributed by atoms with van der Waals surface area (Å²) in [4.78, 5) is 0. The second kappa shape index (κ2) is 7.32. The van der Waals surface area contributed by atoms with E-state index < -0.39 is 0 Å². The second-order valence-corrected chi connectivity index (χ2v) is 6.83. The number of thioether (sulfide) groups is 1. The van der Waals surface area contributed by atoms with Crippen molar-refractivity contribution in [1.29, 1.82) is 0 Å². The number of rotatable bonds is 6. The van der Waals surface area contributed by atoms with Gasteiger partial charge in [0.25, 0.3) is 0 Å². The highest BCUT2D eigenvalue weighted by atomic mass is 32.2. The van der Waals surface area contributed by atoms with Gasteiger partial charge >= 0.3 is 0 Å². The second-order valence-electron chi connectivity index (χ2n) is 5.36. The van der Waals surface area contributed by atoms with Crippen molar-refractivity contribution in [3.8, 4) is 0 Å². The summed E-state index contributed by atoms with van der Waals surface area (Å²) in [5.74, 6) is 1.02. The average molecular weight is 279 g/mol. The molecule has 3 heteroatoms. The van der Waals surface area contributed by atoms with Crippen LogP contribution in [0, 0.1) is 0 Å². The summed E-state index contributed by atoms with van der Waals surface area (Å²) >= 11 is 1.97. The number of hydrogen-bond donors (Lipinski definition) is 1. The Hall–Kier alpha value is -0.510. The summed E-state index contributed by atoms with van der Waals surface area (Å²) in [7, 11) is 0. The minimum atomic E-state index is 0.192. The Morgan fingerprint density at radius 1 is 1.42 bits per heavy atom. The third-order valence-corrected chi connectivity index (χ3v) is 5.30. The Morgan fingerprint density at radius 3 is 3.00 bits per heavy atom. The van der Waals surface area contributed by atoms with Gasteiger partial charge in [-0.1, -0.05) is 38.1 Å². The maximum Gasteiger partial charge on any atom is 0.0842 e. The summed E-state index contributed by atoms with van der Waals surface area (Å²) in [6.07, 6.45) is 3.36. The molecule has 2 N–H and O–H groups in total. The van der Waals surface area contributed by atoms with E-state index in [1.54, 1.807) is 0 Å². The fraction of sp³-hybridized carbons (Fsp3) is 0.625. The molecule has 1 aromatic carbocycles. The molecule has 1 aliphatic heterocycles. The summed E-state index contributed by atoms with van der Waals surface area (Å²) < 4.78 is 5.92. The van der Waals surface area contributed by atoms with Crippen molar-refractivity contribution in [1.82, 2.24) is 0 Å². The van der Waals surface area contributed by atoms with Crippen molar-refractivity contribution in [3.05, 3.63) is 35.4 Å². The molecule has 0 spiro atoms. The van der Waals surface area contributed by atoms with Gasteiger partial charge in [-0.3, -0.25) is 0 Å². The fourth-order valence-corrected chi connectivity index (χ4v) is 3.37. The van der Waals surface area contributed by atoms with Crippen molar-refractivity contribution in [3.63, 3.8) is 0 Å². The van der Waals surface area contributed by atoms with Gasteiger partial charge in [0, 0.05) is 17.0 Å². The minimum Gasteiger partial charge on any atom is -0.373 e. The topological polar surface area (TPSA) is 35.2 Å². The summed E-state index contributed by atoms with van der Waals surface area (Å²) in [6, 6.07) is 8.83. The van der Waals surface area contributed by atoms with Crippen molar-refractivity contribution in [2.45, 2.75) is 50.5 Å². The van der Waals surface area contributed by atoms with Gasteiger partial charge in [-0.25, -0.2) is 0 Å². The van der Waals surface area contributed by atoms with E-state index in [0.717, 1.165) is 25.2 Å². The summed E-state index contributed by atoms with van der Waals surface area (Å²) in [5.41, 5.74) is 9.04. The highest BCUT2D eigenvalue weighted by Gasteiger charge is 2.22. The molecule has 0 saturated carbocycles. The number of benzene rings is 1. The zero-order valence-corrected chi connectivity index (χ0v) is 12.8. The lowest BCUT2D eigenvalue weighted by molar-refractivity contribution is 0.0334. The van der Waals surface area contributed by atoms with E-state index in [9.17, 15) is 0 Å². The molecular weight excluding hydrogens is 254 g/mol. The SMILES string of the molecule is CCC(C)SCC(N)CC1OCCc2ccccc21. The van der Waals surface area contributed by atoms with Crippen molar-refractivity contribution < 1.29 is 4.74 Å². The maximum absolute atomic E-state index is 6.26. The predicted molar refractivity (Wildman–Crippen MR) is 83.6 cm³/mol. The molecule has 0 bridgehead atoms. The Kier molecular flexibility index (Phi) is 5.74. The average Bonchev–Trinajstić information content (AvgIpc) is 2.45. The minimum absolute atomic E-state index is 0.192. The van der Waals surface area contributed by atoms with E-state index in [1.807, 2.05) is 11.8 Å². The molecule has 2 nitrogen and oxygen atoms in total. The Bertz CT molecular complexity index is 396. The zero-order valence-electron chi connectivity index (χ0n) is 12.0. The lowest BCUT2D eigenvalue weighted by Gasteiger charge is -2.28. The van der Waals surface area contributed by atoms with Crippen LogP contribution in [0.1, 0.15) is 43.9 Å². The van der Waals surface area contributed by atoms with Gasteiger partial charge in [-0.15, -0.1) is 0 Å². The molecule has 0 saturated heterocycles. The molecule has 0 fully saturated rings. The molecule has 1 aromatic rings. The molecule has 2 rings (SSSR count). The van der Waals surface area contributed by atoms with Crippen LogP contribution < -0.4 is 5.73 Å². The molecule has 106 valence electrons. The zero-order chi connectivity index (χ0) is 13.7. The van der Waals surface area contributed by atoms with E-state index in [0.29, 0.717) is 5.25 Å². The number of fused-ring (bicyclic) bond motifs is 1. The molecule has 1 heterocycles. The van der Waals surface area contributed by atoms with E-state index in [-0.39, 0.29) is 12.1 Å². The predicted octanol–water partition coefficient (Wildman–Crippen LogP) is 3.55. The normalized spacial score (nSPS) is 21.7. The third-order valence-electron chi connectivity index (χ3n) is 3.78. The van der Waals surface area contributed by atoms with Crippen LogP contribution in [0.4, 0.5) is 0 Å². The van der Waals surface area contributed by atoms with Crippen molar-refractivity contribution in [2.24, 2.45) is 5.73 Å². The lowest BCUT2D eigenvalue weighted by Crippen LogP contribution is -2.29. The molecule has 3 unspecified atom stereocenters. The molecular formula is C16H25NOS. The molecule has 19 heavy (non-hydrogen) atoms. The molecule has 0 aliphatic carbocycles. The van der Waals surface area contributed by atoms with Gasteiger partial charge in [0.05, 0.1) is 12.7 Å². The van der Waals surface area contributed by atoms with Crippen LogP contribution in [0.3, 0.4) is 0 Å². The van der Waals surface area contributed by atoms with Crippen molar-refractivity contribution >= 4 is 11.8 Å². The van der Waals surface area contributed by atoms with Crippen LogP contribution in [-0.4, -0.2) is 23.7 Å². The Morgan fingerprint density at radius 2 is 2.21 bits per heavy atom. The molecule has 0 aromatic heterocycles. The monoisotopic (exact) mass is 279 g/mol. The first-order chi connectivity index (χ1) is 9.20. The van der Waals surface area contributed by atoms with Crippen molar-refractivity contribution in [2.75, 3.05) is 12.4 Å². The smallest absolute Gasteiger partial charge is 0.0842 e. The van der Waals surface area contributed by atoms with Crippen LogP contribution in [0.25, 0.3) is 0 Å². The Balaban J connectivity index is 1.89. The van der Waals surface area contributed by atoms with Gasteiger partial charge in [-0.05, 0) is 30.4 Å². The fourth-order valence-electron chi connectivity index (χ4n) is 2.42. The number of ether oxygens (including phenoxy) is 1. The third kappa shape index (κ3) is 4.23. The van der Waals surface area contributed by atoms with Gasteiger partial charge in [0.2, 0.25) is 0 Å². The maximum atomic E-state index is 6.26. The summed E-state index contributed by atoms with van der Waals surface area (Å²) in [5, 5.41) is 0.700. The van der Waals surface area contributed by atoms with Crippen LogP contribution in [0.5, 0.6) is 0 Å². The highest BCUT2D eigenvalue weighted by molar-refractivity contribution is 7.99. The summed E-state index contributed by atoms with van der Waals surface area (Å²) in [6.45, 7) is 5.32. The van der Waals surface area contributed by atoms with Crippen LogP contribution >= 0.6 is 11.8 Å². The highest BCUT2D eigenvalue weighted by Crippen LogP contribution is 2.30. The molecule has 0 amide bonds. The largest absolute Gasteiger partial charge is 0.373 e. The van der Waals surface area contributed by atoms with E-state index in [4.69, 9.17) is 10.5 Å². The number of nitrogens with two attached hydrogens (primary N) is 1. The standard InChI is InChI=1S/C16H25NOS/c1-3-12(2)19-11-14(17)10-16-15-7-5-4-6-13(15)8-9-18-16/h4-7,12,14,16H,3,8-11,17H2,1-2H3. The molecule has 3 atom stereocenters. The molecule has 0 radical (unpaired) electrons. The van der Waals surface area contributed by atoms with E-state index in [2.05, 4.69) is 38.1 Å². The van der Waals surface area contributed by atoms with Gasteiger partial charge in [0.1, 0.15) is 0 Å². The first-order valence-electron chi connectivity index (χ1n) is 7.27. The van der Waals surface area contributed by atoms with E-state index in [1.165, 1.54) is 17.5 Å². The van der Waals surface area contributed by atoms with Crippen LogP contribution in [0.2, 0.25) is 0 Å². The lowest BCUT2D eigenvalue weighted by atomic mass is 9.94. The van der Waals surface area contributed by atoms with E-state index >= 15 is 0 Å². The first-order valence-corrected chi connectivity index (χ1v) is 8.32.